The van der Waals surface area contributed by atoms with Crippen LogP contribution in [0.25, 0.3) is 21.6 Å². The van der Waals surface area contributed by atoms with E-state index in [0.29, 0.717) is 18.4 Å². The fourth-order valence-corrected chi connectivity index (χ4v) is 4.75. The molecule has 2 N–H and O–H groups in total. The molecule has 1 aliphatic heterocycles. The highest BCUT2D eigenvalue weighted by Gasteiger charge is 2.26. The number of anilines is 1. The first-order valence-corrected chi connectivity index (χ1v) is 10.2. The molecule has 6 nitrogen and oxygen atoms in total. The standard InChI is InChI=1S/C20H24N6S/c1-13-8-15(12-26(11-13)7-3-5-21)25-18-16-4-6-22-19(16)23-10-17(18)20-24-9-14(2)27-20/h4,6,9-10,13,15H,3,7-8,11-12H2,1-2H3,(H2,22,23,25)/t13-,15+/m0/s1. The Morgan fingerprint density at radius 2 is 2.26 bits per heavy atom. The minimum absolute atomic E-state index is 0.341. The number of likely N-dealkylation sites (tertiary alicyclic amines) is 1. The molecule has 1 fully saturated rings. The maximum absolute atomic E-state index is 8.91. The van der Waals surface area contributed by atoms with Gasteiger partial charge in [0.25, 0.3) is 0 Å². The number of thiazole rings is 1. The van der Waals surface area contributed by atoms with Gasteiger partial charge in [-0.15, -0.1) is 11.3 Å². The van der Waals surface area contributed by atoms with Crippen molar-refractivity contribution >= 4 is 28.1 Å². The van der Waals surface area contributed by atoms with Crippen LogP contribution >= 0.6 is 11.3 Å². The Morgan fingerprint density at radius 3 is 3.04 bits per heavy atom. The average molecular weight is 381 g/mol. The first-order valence-electron chi connectivity index (χ1n) is 9.38. The molecule has 0 amide bonds. The molecule has 2 atom stereocenters. The third-order valence-corrected chi connectivity index (χ3v) is 6.01. The first kappa shape index (κ1) is 18.0. The number of aromatic amines is 1. The van der Waals surface area contributed by atoms with Gasteiger partial charge in [-0.3, -0.25) is 0 Å². The van der Waals surface area contributed by atoms with Crippen molar-refractivity contribution in [3.8, 4) is 16.6 Å². The summed E-state index contributed by atoms with van der Waals surface area (Å²) in [4.78, 5) is 16.0. The summed E-state index contributed by atoms with van der Waals surface area (Å²) in [6.07, 6.45) is 7.47. The van der Waals surface area contributed by atoms with E-state index in [-0.39, 0.29) is 0 Å². The largest absolute Gasteiger partial charge is 0.380 e. The molecule has 0 unspecified atom stereocenters. The van der Waals surface area contributed by atoms with Crippen molar-refractivity contribution in [2.45, 2.75) is 32.7 Å². The molecule has 0 spiro atoms. The van der Waals surface area contributed by atoms with Crippen LogP contribution in [-0.2, 0) is 0 Å². The number of rotatable bonds is 5. The number of nitrogens with zero attached hydrogens (tertiary/aromatic N) is 4. The third kappa shape index (κ3) is 3.82. The lowest BCUT2D eigenvalue weighted by atomic mass is 9.95. The number of aryl methyl sites for hydroxylation is 1. The number of pyridine rings is 1. The van der Waals surface area contributed by atoms with Gasteiger partial charge >= 0.3 is 0 Å². The van der Waals surface area contributed by atoms with Crippen LogP contribution in [0, 0.1) is 24.2 Å². The maximum Gasteiger partial charge on any atom is 0.139 e. The molecular weight excluding hydrogens is 356 g/mol. The number of hydrogen-bond donors (Lipinski definition) is 2. The van der Waals surface area contributed by atoms with E-state index >= 15 is 0 Å². The Balaban J connectivity index is 1.66. The lowest BCUT2D eigenvalue weighted by Gasteiger charge is -2.37. The van der Waals surface area contributed by atoms with E-state index in [4.69, 9.17) is 5.26 Å². The molecule has 0 radical (unpaired) electrons. The predicted molar refractivity (Wildman–Crippen MR) is 110 cm³/mol. The highest BCUT2D eigenvalue weighted by atomic mass is 32.1. The second kappa shape index (κ2) is 7.67. The monoisotopic (exact) mass is 380 g/mol. The highest BCUT2D eigenvalue weighted by Crippen LogP contribution is 2.36. The molecule has 4 heterocycles. The van der Waals surface area contributed by atoms with Gasteiger partial charge in [0.2, 0.25) is 0 Å². The van der Waals surface area contributed by atoms with Gasteiger partial charge in [0, 0.05) is 61.0 Å². The van der Waals surface area contributed by atoms with Crippen molar-refractivity contribution in [3.05, 3.63) is 29.5 Å². The van der Waals surface area contributed by atoms with Crippen molar-refractivity contribution in [2.75, 3.05) is 25.0 Å². The van der Waals surface area contributed by atoms with Crippen molar-refractivity contribution < 1.29 is 0 Å². The van der Waals surface area contributed by atoms with Crippen LogP contribution in [0.1, 0.15) is 24.6 Å². The molecule has 7 heteroatoms. The topological polar surface area (TPSA) is 80.6 Å². The van der Waals surface area contributed by atoms with E-state index in [1.165, 1.54) is 4.88 Å². The zero-order valence-corrected chi connectivity index (χ0v) is 16.5. The Kier molecular flexibility index (Phi) is 5.10. The average Bonchev–Trinajstić information content (AvgIpc) is 3.29. The van der Waals surface area contributed by atoms with Gasteiger partial charge < -0.3 is 15.2 Å². The maximum atomic E-state index is 8.91. The Labute approximate surface area is 163 Å². The predicted octanol–water partition coefficient (Wildman–Crippen LogP) is 4.03. The smallest absolute Gasteiger partial charge is 0.139 e. The quantitative estimate of drug-likeness (QED) is 0.698. The number of piperidine rings is 1. The molecular formula is C20H24N6S. The number of hydrogen-bond acceptors (Lipinski definition) is 6. The molecule has 3 aromatic rings. The van der Waals surface area contributed by atoms with Crippen LogP contribution in [0.3, 0.4) is 0 Å². The zero-order valence-electron chi connectivity index (χ0n) is 15.7. The summed E-state index contributed by atoms with van der Waals surface area (Å²) in [5.74, 6) is 0.601. The SMILES string of the molecule is Cc1cnc(-c2cnc3[nH]ccc3c2N[C@@H]2C[C@H](C)CN(CCC#N)C2)s1. The van der Waals surface area contributed by atoms with Gasteiger partial charge in [-0.25, -0.2) is 9.97 Å². The molecule has 0 bridgehead atoms. The van der Waals surface area contributed by atoms with Gasteiger partial charge in [0.15, 0.2) is 0 Å². The van der Waals surface area contributed by atoms with Crippen LogP contribution in [0.4, 0.5) is 5.69 Å². The summed E-state index contributed by atoms with van der Waals surface area (Å²) < 4.78 is 0. The van der Waals surface area contributed by atoms with E-state index in [2.05, 4.69) is 51.2 Å². The van der Waals surface area contributed by atoms with Crippen LogP contribution in [0.2, 0.25) is 0 Å². The molecule has 1 saturated heterocycles. The Morgan fingerprint density at radius 1 is 1.37 bits per heavy atom. The lowest BCUT2D eigenvalue weighted by Crippen LogP contribution is -2.45. The summed E-state index contributed by atoms with van der Waals surface area (Å²) >= 11 is 1.69. The second-order valence-electron chi connectivity index (χ2n) is 7.41. The van der Waals surface area contributed by atoms with E-state index in [1.807, 2.05) is 18.6 Å². The van der Waals surface area contributed by atoms with Crippen LogP contribution in [-0.4, -0.2) is 45.5 Å². The number of nitrogens with one attached hydrogen (secondary N) is 2. The van der Waals surface area contributed by atoms with E-state index in [0.717, 1.165) is 53.3 Å². The van der Waals surface area contributed by atoms with Crippen molar-refractivity contribution in [2.24, 2.45) is 5.92 Å². The van der Waals surface area contributed by atoms with Crippen LogP contribution in [0.5, 0.6) is 0 Å². The van der Waals surface area contributed by atoms with Crippen molar-refractivity contribution in [1.82, 2.24) is 19.9 Å². The number of nitriles is 1. The molecule has 4 rings (SSSR count). The van der Waals surface area contributed by atoms with Gasteiger partial charge in [0.05, 0.1) is 17.3 Å². The van der Waals surface area contributed by atoms with E-state index in [1.54, 1.807) is 11.3 Å². The van der Waals surface area contributed by atoms with E-state index in [9.17, 15) is 0 Å². The minimum atomic E-state index is 0.341. The van der Waals surface area contributed by atoms with Gasteiger partial charge in [0.1, 0.15) is 10.7 Å². The fraction of sp³-hybridized carbons (Fsp3) is 0.450. The summed E-state index contributed by atoms with van der Waals surface area (Å²) in [5.41, 5.74) is 3.05. The van der Waals surface area contributed by atoms with Crippen molar-refractivity contribution in [3.63, 3.8) is 0 Å². The summed E-state index contributed by atoms with van der Waals surface area (Å²) in [5, 5.41) is 14.8. The summed E-state index contributed by atoms with van der Waals surface area (Å²) in [6, 6.07) is 4.68. The minimum Gasteiger partial charge on any atom is -0.380 e. The zero-order chi connectivity index (χ0) is 18.8. The van der Waals surface area contributed by atoms with Crippen LogP contribution in [0.15, 0.2) is 24.7 Å². The third-order valence-electron chi connectivity index (χ3n) is 5.06. The molecule has 0 aliphatic carbocycles. The lowest BCUT2D eigenvalue weighted by molar-refractivity contribution is 0.175. The highest BCUT2D eigenvalue weighted by molar-refractivity contribution is 7.15. The molecule has 0 aromatic carbocycles. The number of fused-ring (bicyclic) bond motifs is 1. The van der Waals surface area contributed by atoms with Gasteiger partial charge in [-0.1, -0.05) is 6.92 Å². The Hall–Kier alpha value is -2.43. The van der Waals surface area contributed by atoms with E-state index < -0.39 is 0 Å². The summed E-state index contributed by atoms with van der Waals surface area (Å²) in [6.45, 7) is 7.22. The second-order valence-corrected chi connectivity index (χ2v) is 8.65. The van der Waals surface area contributed by atoms with Gasteiger partial charge in [-0.05, 0) is 25.3 Å². The van der Waals surface area contributed by atoms with Crippen molar-refractivity contribution in [1.29, 1.82) is 5.26 Å². The molecule has 27 heavy (non-hydrogen) atoms. The molecule has 3 aromatic heterocycles. The molecule has 140 valence electrons. The van der Waals surface area contributed by atoms with Crippen LogP contribution < -0.4 is 5.32 Å². The Bertz CT molecular complexity index is 968. The number of aromatic nitrogens is 3. The molecule has 1 aliphatic rings. The molecule has 0 saturated carbocycles. The van der Waals surface area contributed by atoms with Gasteiger partial charge in [-0.2, -0.15) is 5.26 Å². The first-order chi connectivity index (χ1) is 13.1. The normalized spacial score (nSPS) is 20.6. The summed E-state index contributed by atoms with van der Waals surface area (Å²) in [7, 11) is 0. The fourth-order valence-electron chi connectivity index (χ4n) is 3.97. The number of H-pyrrole nitrogens is 1.